The summed E-state index contributed by atoms with van der Waals surface area (Å²) in [6.45, 7) is 0.260. The van der Waals surface area contributed by atoms with Gasteiger partial charge in [-0.15, -0.1) is 0 Å². The third-order valence-corrected chi connectivity index (χ3v) is 4.75. The molecule has 2 amide bonds. The molecule has 2 atom stereocenters. The first-order valence-electron chi connectivity index (χ1n) is 10.4. The zero-order valence-corrected chi connectivity index (χ0v) is 19.2. The van der Waals surface area contributed by atoms with Crippen LogP contribution < -0.4 is 26.0 Å². The van der Waals surface area contributed by atoms with Crippen LogP contribution in [0.2, 0.25) is 0 Å². The lowest BCUT2D eigenvalue weighted by molar-refractivity contribution is -0.124. The Labute approximate surface area is 194 Å². The molecule has 10 heteroatoms. The molecule has 0 bridgehead atoms. The second-order valence-corrected chi connectivity index (χ2v) is 6.90. The van der Waals surface area contributed by atoms with Crippen molar-refractivity contribution >= 4 is 11.8 Å². The van der Waals surface area contributed by atoms with Gasteiger partial charge in [0.05, 0.1) is 20.3 Å². The molecule has 0 fully saturated rings. The van der Waals surface area contributed by atoms with Crippen LogP contribution in [0.25, 0.3) is 0 Å². The van der Waals surface area contributed by atoms with Gasteiger partial charge < -0.3 is 30.7 Å². The molecule has 0 saturated heterocycles. The fourth-order valence-electron chi connectivity index (χ4n) is 2.80. The van der Waals surface area contributed by atoms with Gasteiger partial charge in [-0.05, 0) is 12.1 Å². The van der Waals surface area contributed by atoms with E-state index in [1.54, 1.807) is 31.4 Å². The molecule has 33 heavy (non-hydrogen) atoms. The fraction of sp³-hybridized carbons (Fsp3) is 0.391. The highest BCUT2D eigenvalue weighted by molar-refractivity contribution is 5.81. The van der Waals surface area contributed by atoms with Gasteiger partial charge in [0, 0.05) is 38.3 Å². The maximum Gasteiger partial charge on any atom is 0.239 e. The molecule has 0 radical (unpaired) electrons. The minimum absolute atomic E-state index is 0.170. The lowest BCUT2D eigenvalue weighted by Gasteiger charge is -2.15. The summed E-state index contributed by atoms with van der Waals surface area (Å²) in [7, 11) is 4.64. The standard InChI is InChI=1S/C12H18N2O3.C11H16N2O3/c1-13-12(16)10(8-15)14-7-9-5-3-4-6-11(9)17-2;1-12-11(16)9(7-14)13-6-8-4-2-3-5-10(8)15/h3-6,10,14-15H,7-8H2,1-2H3,(H,13,16);2-5,9,13-15H,6-7H2,1H3,(H,12,16)/t10-;9-/m00/s1. The Hall–Kier alpha value is -3.18. The highest BCUT2D eigenvalue weighted by atomic mass is 16.5. The second kappa shape index (κ2) is 15.6. The van der Waals surface area contributed by atoms with Crippen molar-refractivity contribution in [1.29, 1.82) is 0 Å². The lowest BCUT2D eigenvalue weighted by Crippen LogP contribution is -2.45. The molecule has 0 aromatic heterocycles. The number of methoxy groups -OCH3 is 1. The highest BCUT2D eigenvalue weighted by Crippen LogP contribution is 2.17. The molecule has 0 aliphatic rings. The number of phenols is 1. The predicted molar refractivity (Wildman–Crippen MR) is 125 cm³/mol. The topological polar surface area (TPSA) is 152 Å². The lowest BCUT2D eigenvalue weighted by atomic mass is 10.2. The van der Waals surface area contributed by atoms with Gasteiger partial charge >= 0.3 is 0 Å². The molecule has 0 heterocycles. The van der Waals surface area contributed by atoms with Gasteiger partial charge in [0.25, 0.3) is 0 Å². The average Bonchev–Trinajstić information content (AvgIpc) is 2.85. The molecule has 182 valence electrons. The highest BCUT2D eigenvalue weighted by Gasteiger charge is 2.16. The van der Waals surface area contributed by atoms with Crippen molar-refractivity contribution in [3.05, 3.63) is 59.7 Å². The zero-order chi connectivity index (χ0) is 24.6. The Balaban J connectivity index is 0.000000331. The van der Waals surface area contributed by atoms with Crippen molar-refractivity contribution in [2.75, 3.05) is 34.4 Å². The van der Waals surface area contributed by atoms with Gasteiger partial charge in [-0.3, -0.25) is 20.2 Å². The number of rotatable bonds is 11. The minimum atomic E-state index is -0.662. The number of aromatic hydroxyl groups is 1. The van der Waals surface area contributed by atoms with Crippen LogP contribution in [0.3, 0.4) is 0 Å². The summed E-state index contributed by atoms with van der Waals surface area (Å²) in [6, 6.07) is 13.1. The summed E-state index contributed by atoms with van der Waals surface area (Å²) in [4.78, 5) is 22.6. The number of likely N-dealkylation sites (N-methyl/N-ethyl adjacent to an activating group) is 2. The molecule has 0 unspecified atom stereocenters. The number of aliphatic hydroxyl groups is 2. The van der Waals surface area contributed by atoms with E-state index >= 15 is 0 Å². The van der Waals surface area contributed by atoms with E-state index in [2.05, 4.69) is 21.3 Å². The molecule has 0 spiro atoms. The number of phenolic OH excluding ortho intramolecular Hbond substituents is 1. The number of hydrogen-bond donors (Lipinski definition) is 7. The number of nitrogens with one attached hydrogen (secondary N) is 4. The Bertz CT molecular complexity index is 864. The van der Waals surface area contributed by atoms with Crippen LogP contribution in [-0.2, 0) is 22.7 Å². The van der Waals surface area contributed by atoms with Gasteiger partial charge in [-0.1, -0.05) is 36.4 Å². The number of carbonyl (C=O) groups is 2. The maximum atomic E-state index is 11.4. The first-order chi connectivity index (χ1) is 15.9. The molecule has 7 N–H and O–H groups in total. The Kier molecular flexibility index (Phi) is 13.2. The summed E-state index contributed by atoms with van der Waals surface area (Å²) in [6.07, 6.45) is 0. The van der Waals surface area contributed by atoms with Crippen molar-refractivity contribution in [3.8, 4) is 11.5 Å². The molecule has 2 aromatic rings. The summed E-state index contributed by atoms with van der Waals surface area (Å²) >= 11 is 0. The number of amides is 2. The van der Waals surface area contributed by atoms with E-state index < -0.39 is 12.1 Å². The third-order valence-electron chi connectivity index (χ3n) is 4.75. The third kappa shape index (κ3) is 9.46. The Morgan fingerprint density at radius 3 is 1.73 bits per heavy atom. The second-order valence-electron chi connectivity index (χ2n) is 6.90. The van der Waals surface area contributed by atoms with Crippen molar-refractivity contribution in [2.24, 2.45) is 0 Å². The van der Waals surface area contributed by atoms with Gasteiger partial charge in [0.15, 0.2) is 0 Å². The summed E-state index contributed by atoms with van der Waals surface area (Å²) in [5, 5.41) is 38.3. The van der Waals surface area contributed by atoms with Crippen LogP contribution in [0.5, 0.6) is 11.5 Å². The van der Waals surface area contributed by atoms with Crippen LogP contribution >= 0.6 is 0 Å². The average molecular weight is 463 g/mol. The van der Waals surface area contributed by atoms with Gasteiger partial charge in [-0.2, -0.15) is 0 Å². The zero-order valence-electron chi connectivity index (χ0n) is 19.2. The summed E-state index contributed by atoms with van der Waals surface area (Å²) in [5.74, 6) is 0.414. The van der Waals surface area contributed by atoms with E-state index in [1.807, 2.05) is 24.3 Å². The number of para-hydroxylation sites is 2. The predicted octanol–water partition coefficient (Wildman–Crippen LogP) is -0.520. The van der Waals surface area contributed by atoms with Crippen LogP contribution in [0.4, 0.5) is 0 Å². The molecule has 2 aromatic carbocycles. The molecule has 2 rings (SSSR count). The normalized spacial score (nSPS) is 12.0. The van der Waals surface area contributed by atoms with E-state index in [1.165, 1.54) is 14.1 Å². The van der Waals surface area contributed by atoms with Crippen molar-refractivity contribution < 1.29 is 29.6 Å². The van der Waals surface area contributed by atoms with Crippen LogP contribution in [-0.4, -0.2) is 73.6 Å². The largest absolute Gasteiger partial charge is 0.508 e. The number of ether oxygens (including phenoxy) is 1. The van der Waals surface area contributed by atoms with Crippen molar-refractivity contribution in [2.45, 2.75) is 25.2 Å². The quantitative estimate of drug-likeness (QED) is 0.236. The van der Waals surface area contributed by atoms with Gasteiger partial charge in [0.1, 0.15) is 23.6 Å². The van der Waals surface area contributed by atoms with E-state index in [-0.39, 0.29) is 30.8 Å². The van der Waals surface area contributed by atoms with E-state index in [9.17, 15) is 14.7 Å². The molecular formula is C23H34N4O6. The molecule has 0 aliphatic carbocycles. The molecular weight excluding hydrogens is 428 g/mol. The molecule has 0 saturated carbocycles. The fourth-order valence-corrected chi connectivity index (χ4v) is 2.80. The van der Waals surface area contributed by atoms with Gasteiger partial charge in [-0.25, -0.2) is 0 Å². The smallest absolute Gasteiger partial charge is 0.239 e. The van der Waals surface area contributed by atoms with Crippen LogP contribution in [0, 0.1) is 0 Å². The van der Waals surface area contributed by atoms with Gasteiger partial charge in [0.2, 0.25) is 11.8 Å². The van der Waals surface area contributed by atoms with Crippen molar-refractivity contribution in [1.82, 2.24) is 21.3 Å². The monoisotopic (exact) mass is 462 g/mol. The number of carbonyl (C=O) groups excluding carboxylic acids is 2. The number of hydrogen-bond acceptors (Lipinski definition) is 8. The van der Waals surface area contributed by atoms with Crippen molar-refractivity contribution in [3.63, 3.8) is 0 Å². The van der Waals surface area contributed by atoms with E-state index in [0.717, 1.165) is 11.3 Å². The maximum absolute atomic E-state index is 11.4. The SMILES string of the molecule is CNC(=O)[C@H](CO)NCc1ccccc1O.CNC(=O)[C@H](CO)NCc1ccccc1OC. The van der Waals surface area contributed by atoms with Crippen LogP contribution in [0.15, 0.2) is 48.5 Å². The van der Waals surface area contributed by atoms with E-state index in [0.29, 0.717) is 18.7 Å². The van der Waals surface area contributed by atoms with E-state index in [4.69, 9.17) is 14.9 Å². The number of benzene rings is 2. The molecule has 10 nitrogen and oxygen atoms in total. The number of aliphatic hydroxyl groups excluding tert-OH is 2. The Morgan fingerprint density at radius 2 is 1.27 bits per heavy atom. The first-order valence-corrected chi connectivity index (χ1v) is 10.4. The minimum Gasteiger partial charge on any atom is -0.508 e. The van der Waals surface area contributed by atoms with Crippen LogP contribution in [0.1, 0.15) is 11.1 Å². The first kappa shape index (κ1) is 27.9. The summed E-state index contributed by atoms with van der Waals surface area (Å²) in [5.41, 5.74) is 1.63. The summed E-state index contributed by atoms with van der Waals surface area (Å²) < 4.78 is 5.20. The molecule has 0 aliphatic heterocycles. The Morgan fingerprint density at radius 1 is 0.818 bits per heavy atom.